The summed E-state index contributed by atoms with van der Waals surface area (Å²) in [6.45, 7) is 8.72. The molecule has 2 aromatic carbocycles. The van der Waals surface area contributed by atoms with Crippen LogP contribution in [0.5, 0.6) is 5.75 Å². The normalized spacial score (nSPS) is 12.5. The maximum Gasteiger partial charge on any atom is 0.344 e. The number of benzene rings is 2. The van der Waals surface area contributed by atoms with Crippen molar-refractivity contribution in [3.8, 4) is 5.75 Å². The van der Waals surface area contributed by atoms with Gasteiger partial charge in [-0.2, -0.15) is 8.42 Å². The van der Waals surface area contributed by atoms with Crippen LogP contribution in [0.3, 0.4) is 0 Å². The molecule has 0 saturated carbocycles. The van der Waals surface area contributed by atoms with Crippen LogP contribution < -0.4 is 4.74 Å². The summed E-state index contributed by atoms with van der Waals surface area (Å²) in [4.78, 5) is 22.5. The number of carbonyl (C=O) groups excluding carboxylic acids is 1. The fraction of sp³-hybridized carbons (Fsp3) is 0.233. The number of esters is 1. The first-order valence-corrected chi connectivity index (χ1v) is 15.5. The lowest BCUT2D eigenvalue weighted by Crippen LogP contribution is -2.27. The maximum absolute atomic E-state index is 13.9. The number of rotatable bonds is 9. The van der Waals surface area contributed by atoms with Gasteiger partial charge in [0, 0.05) is 39.5 Å². The van der Waals surface area contributed by atoms with E-state index in [0.29, 0.717) is 26.0 Å². The molecular formula is C30H32N2O6S2. The van der Waals surface area contributed by atoms with Gasteiger partial charge in [0.15, 0.2) is 6.61 Å². The van der Waals surface area contributed by atoms with E-state index in [1.807, 2.05) is 6.92 Å². The molecular weight excluding hydrogens is 548 g/mol. The average molecular weight is 581 g/mol. The number of aryl methyl sites for hydroxylation is 2. The Balaban J connectivity index is 1.81. The zero-order valence-electron chi connectivity index (χ0n) is 23.0. The third-order valence-corrected chi connectivity index (χ3v) is 10.9. The zero-order valence-corrected chi connectivity index (χ0v) is 24.7. The molecule has 0 bridgehead atoms. The molecule has 0 aliphatic rings. The van der Waals surface area contributed by atoms with E-state index >= 15 is 0 Å². The highest BCUT2D eigenvalue weighted by Gasteiger charge is 2.39. The summed E-state index contributed by atoms with van der Waals surface area (Å²) in [5.74, 6) is -0.0809. The molecule has 4 aromatic rings. The Morgan fingerprint density at radius 2 is 1.43 bits per heavy atom. The summed E-state index contributed by atoms with van der Waals surface area (Å²) in [6, 6.07) is 19.0. The molecule has 0 unspecified atom stereocenters. The lowest BCUT2D eigenvalue weighted by molar-refractivity contribution is -0.157. The highest BCUT2D eigenvalue weighted by molar-refractivity contribution is 8.33. The van der Waals surface area contributed by atoms with Gasteiger partial charge in [0.2, 0.25) is 0 Å². The predicted molar refractivity (Wildman–Crippen MR) is 153 cm³/mol. The lowest BCUT2D eigenvalue weighted by atomic mass is 10.2. The smallest absolute Gasteiger partial charge is 0.344 e. The molecule has 4 rings (SSSR count). The van der Waals surface area contributed by atoms with Crippen LogP contribution in [-0.4, -0.2) is 36.6 Å². The first-order valence-electron chi connectivity index (χ1n) is 12.5. The second kappa shape index (κ2) is 11.8. The fourth-order valence-electron chi connectivity index (χ4n) is 4.05. The first-order chi connectivity index (χ1) is 18.9. The van der Waals surface area contributed by atoms with Gasteiger partial charge in [-0.05, 0) is 105 Å². The Morgan fingerprint density at radius 1 is 0.825 bits per heavy atom. The number of pyridine rings is 2. The summed E-state index contributed by atoms with van der Waals surface area (Å²) in [5, 5.41) is 0. The number of carbonyl (C=O) groups is 1. The highest BCUT2D eigenvalue weighted by atomic mass is 32.3. The van der Waals surface area contributed by atoms with Crippen LogP contribution in [0.4, 0.5) is 0 Å². The topological polar surface area (TPSA) is 105 Å². The minimum Gasteiger partial charge on any atom is -0.482 e. The molecule has 2 heterocycles. The van der Waals surface area contributed by atoms with Crippen molar-refractivity contribution < 1.29 is 26.3 Å². The molecule has 0 N–H and O–H groups in total. The Labute approximate surface area is 237 Å². The number of hydrogen-bond donors (Lipinski definition) is 0. The lowest BCUT2D eigenvalue weighted by Gasteiger charge is -2.38. The second-order valence-electron chi connectivity index (χ2n) is 10.1. The highest BCUT2D eigenvalue weighted by Crippen LogP contribution is 2.70. The number of hydrogen-bond acceptors (Lipinski definition) is 8. The molecule has 2 aromatic heterocycles. The van der Waals surface area contributed by atoms with Gasteiger partial charge in [0.05, 0.1) is 4.90 Å². The Kier molecular flexibility index (Phi) is 8.62. The zero-order chi connectivity index (χ0) is 29.0. The molecule has 210 valence electrons. The monoisotopic (exact) mass is 580 g/mol. The third kappa shape index (κ3) is 6.70. The van der Waals surface area contributed by atoms with Crippen molar-refractivity contribution >= 4 is 26.4 Å². The Bertz CT molecular complexity index is 1530. The SMILES string of the molecule is Cc1ccc(S(=O)(=O)OS(c2ccc(OCC(=O)OC(C)(C)C)cc2)(c2cccnc2)c2cccnc2)c(C)c1. The summed E-state index contributed by atoms with van der Waals surface area (Å²) in [7, 11) is -7.17. The van der Waals surface area contributed by atoms with E-state index in [-0.39, 0.29) is 11.5 Å². The van der Waals surface area contributed by atoms with Crippen molar-refractivity contribution in [2.45, 2.75) is 59.8 Å². The number of nitrogens with zero attached hydrogens (tertiary/aromatic N) is 2. The van der Waals surface area contributed by atoms with Crippen LogP contribution in [0.1, 0.15) is 31.9 Å². The quantitative estimate of drug-likeness (QED) is 0.209. The molecule has 0 amide bonds. The predicted octanol–water partition coefficient (Wildman–Crippen LogP) is 6.42. The van der Waals surface area contributed by atoms with Crippen molar-refractivity contribution in [2.75, 3.05) is 6.61 Å². The van der Waals surface area contributed by atoms with E-state index in [9.17, 15) is 13.2 Å². The van der Waals surface area contributed by atoms with Gasteiger partial charge in [-0.1, -0.05) is 17.7 Å². The molecule has 0 aliphatic heterocycles. The van der Waals surface area contributed by atoms with E-state index in [4.69, 9.17) is 13.1 Å². The van der Waals surface area contributed by atoms with E-state index in [2.05, 4.69) is 9.97 Å². The van der Waals surface area contributed by atoms with Gasteiger partial charge in [0.1, 0.15) is 11.4 Å². The summed E-state index contributed by atoms with van der Waals surface area (Å²) < 4.78 is 45.2. The number of aromatic nitrogens is 2. The van der Waals surface area contributed by atoms with Crippen LogP contribution in [0.2, 0.25) is 0 Å². The van der Waals surface area contributed by atoms with Crippen molar-refractivity contribution in [2.24, 2.45) is 0 Å². The van der Waals surface area contributed by atoms with Crippen molar-refractivity contribution in [1.82, 2.24) is 9.97 Å². The standard InChI is InChI=1S/C30H32N2O6S2/c1-22-10-15-28(23(2)18-22)40(34,35)38-39(26-8-6-16-31-19-26,27-9-7-17-32-20-27)25-13-11-24(12-14-25)36-21-29(33)37-30(3,4)5/h6-20H,21H2,1-5H3. The molecule has 0 spiro atoms. The van der Waals surface area contributed by atoms with E-state index < -0.39 is 32.0 Å². The van der Waals surface area contributed by atoms with Gasteiger partial charge < -0.3 is 9.47 Å². The maximum atomic E-state index is 13.9. The largest absolute Gasteiger partial charge is 0.482 e. The summed E-state index contributed by atoms with van der Waals surface area (Å²) >= 11 is 0. The average Bonchev–Trinajstić information content (AvgIpc) is 2.91. The minimum atomic E-state index is -4.27. The molecule has 0 aliphatic carbocycles. The van der Waals surface area contributed by atoms with Crippen LogP contribution in [0, 0.1) is 13.8 Å². The molecule has 0 saturated heterocycles. The van der Waals surface area contributed by atoms with Crippen molar-refractivity contribution in [3.63, 3.8) is 0 Å². The molecule has 0 fully saturated rings. The Hall–Kier alpha value is -3.73. The van der Waals surface area contributed by atoms with Crippen LogP contribution in [0.25, 0.3) is 0 Å². The summed E-state index contributed by atoms with van der Waals surface area (Å²) in [6.07, 6.45) is 6.44. The minimum absolute atomic E-state index is 0.0834. The van der Waals surface area contributed by atoms with Gasteiger partial charge in [-0.25, -0.2) is 8.42 Å². The number of ether oxygens (including phenoxy) is 2. The first kappa shape index (κ1) is 29.3. The Morgan fingerprint density at radius 3 is 1.93 bits per heavy atom. The molecule has 40 heavy (non-hydrogen) atoms. The van der Waals surface area contributed by atoms with Gasteiger partial charge in [-0.15, -0.1) is 0 Å². The summed E-state index contributed by atoms with van der Waals surface area (Å²) in [5.41, 5.74) is 0.896. The van der Waals surface area contributed by atoms with Gasteiger partial charge in [-0.3, -0.25) is 9.97 Å². The fourth-order valence-corrected chi connectivity index (χ4v) is 9.35. The van der Waals surface area contributed by atoms with Crippen molar-refractivity contribution in [1.29, 1.82) is 0 Å². The molecule has 0 radical (unpaired) electrons. The third-order valence-electron chi connectivity index (χ3n) is 5.66. The molecule has 10 heteroatoms. The van der Waals surface area contributed by atoms with Gasteiger partial charge >= 0.3 is 16.1 Å². The second-order valence-corrected chi connectivity index (χ2v) is 14.5. The van der Waals surface area contributed by atoms with E-state index in [0.717, 1.165) is 5.56 Å². The van der Waals surface area contributed by atoms with Crippen LogP contribution in [-0.2, 0) is 23.3 Å². The van der Waals surface area contributed by atoms with E-state index in [1.54, 1.807) is 119 Å². The van der Waals surface area contributed by atoms with Crippen LogP contribution in [0.15, 0.2) is 111 Å². The molecule has 0 atom stereocenters. The van der Waals surface area contributed by atoms with E-state index in [1.165, 1.54) is 0 Å². The van der Waals surface area contributed by atoms with Crippen LogP contribution >= 0.6 is 10.3 Å². The van der Waals surface area contributed by atoms with Crippen molar-refractivity contribution in [3.05, 3.63) is 103 Å². The van der Waals surface area contributed by atoms with Gasteiger partial charge in [0.25, 0.3) is 0 Å². The molecule has 8 nitrogen and oxygen atoms in total.